The highest BCUT2D eigenvalue weighted by Gasteiger charge is 1.99. The predicted molar refractivity (Wildman–Crippen MR) is 64.5 cm³/mol. The van der Waals surface area contributed by atoms with Crippen molar-refractivity contribution < 1.29 is 0 Å². The third-order valence-corrected chi connectivity index (χ3v) is 2.35. The highest BCUT2D eigenvalue weighted by Crippen LogP contribution is 2.23. The van der Waals surface area contributed by atoms with Crippen LogP contribution in [0.4, 0.5) is 5.69 Å². The molecule has 1 aromatic carbocycles. The Morgan fingerprint density at radius 1 is 1.29 bits per heavy atom. The summed E-state index contributed by atoms with van der Waals surface area (Å²) < 4.78 is 1.02. The number of nitrogens with one attached hydrogen (secondary N) is 1. The van der Waals surface area contributed by atoms with Gasteiger partial charge in [-0.1, -0.05) is 15.9 Å². The monoisotopic (exact) mass is 273 g/mol. The first-order valence-corrected chi connectivity index (χ1v) is 4.61. The molecule has 0 fully saturated rings. The van der Waals surface area contributed by atoms with E-state index in [-0.39, 0.29) is 12.4 Å². The van der Waals surface area contributed by atoms with Crippen LogP contribution in [0.3, 0.4) is 0 Å². The maximum absolute atomic E-state index is 5.36. The van der Waals surface area contributed by atoms with Crippen LogP contribution in [0.1, 0.15) is 0 Å². The fourth-order valence-corrected chi connectivity index (χ4v) is 1.60. The average Bonchev–Trinajstić information content (AvgIpc) is 2.16. The Hall–Kier alpha value is -0.840. The van der Waals surface area contributed by atoms with E-state index in [1.807, 2.05) is 24.3 Å². The maximum Gasteiger partial charge on any atom is 0.0734 e. The standard InChI is InChI=1S/C9H8BrN3.ClH/c10-6-1-2-7-8(13-11)3-4-12-9(7)5-6;/h1-5H,11H2,(H,12,13);1H. The molecule has 2 rings (SSSR count). The van der Waals surface area contributed by atoms with Crippen LogP contribution in [0.25, 0.3) is 10.9 Å². The van der Waals surface area contributed by atoms with Gasteiger partial charge in [0.25, 0.3) is 0 Å². The van der Waals surface area contributed by atoms with Gasteiger partial charge in [0.2, 0.25) is 0 Å². The molecule has 1 aromatic heterocycles. The van der Waals surface area contributed by atoms with E-state index in [0.717, 1.165) is 21.1 Å². The summed E-state index contributed by atoms with van der Waals surface area (Å²) in [5, 5.41) is 1.02. The summed E-state index contributed by atoms with van der Waals surface area (Å²) in [6.45, 7) is 0. The Morgan fingerprint density at radius 3 is 2.79 bits per heavy atom. The van der Waals surface area contributed by atoms with Crippen LogP contribution in [-0.4, -0.2) is 4.98 Å². The van der Waals surface area contributed by atoms with Gasteiger partial charge >= 0.3 is 0 Å². The third-order valence-electron chi connectivity index (χ3n) is 1.86. The molecule has 3 nitrogen and oxygen atoms in total. The van der Waals surface area contributed by atoms with Crippen molar-refractivity contribution >= 4 is 44.9 Å². The number of anilines is 1. The summed E-state index contributed by atoms with van der Waals surface area (Å²) in [5.74, 6) is 5.36. The highest BCUT2D eigenvalue weighted by atomic mass is 79.9. The van der Waals surface area contributed by atoms with Gasteiger partial charge in [0.1, 0.15) is 0 Å². The van der Waals surface area contributed by atoms with E-state index in [9.17, 15) is 0 Å². The van der Waals surface area contributed by atoms with Gasteiger partial charge in [-0.2, -0.15) is 0 Å². The van der Waals surface area contributed by atoms with Crippen molar-refractivity contribution in [3.63, 3.8) is 0 Å². The van der Waals surface area contributed by atoms with E-state index in [1.165, 1.54) is 0 Å². The molecular formula is C9H9BrClN3. The Kier molecular flexibility index (Phi) is 3.69. The molecule has 5 heteroatoms. The van der Waals surface area contributed by atoms with Crippen molar-refractivity contribution in [3.8, 4) is 0 Å². The number of hydrazine groups is 1. The first kappa shape index (κ1) is 11.2. The topological polar surface area (TPSA) is 50.9 Å². The zero-order valence-corrected chi connectivity index (χ0v) is 9.60. The summed E-state index contributed by atoms with van der Waals surface area (Å²) >= 11 is 3.39. The minimum absolute atomic E-state index is 0. The molecule has 0 aliphatic carbocycles. The van der Waals surface area contributed by atoms with E-state index < -0.39 is 0 Å². The largest absolute Gasteiger partial charge is 0.323 e. The number of nitrogens with two attached hydrogens (primary N) is 1. The number of nitrogens with zero attached hydrogens (tertiary/aromatic N) is 1. The normalized spacial score (nSPS) is 9.57. The molecule has 0 atom stereocenters. The lowest BCUT2D eigenvalue weighted by Crippen LogP contribution is -2.07. The van der Waals surface area contributed by atoms with Crippen molar-refractivity contribution in [2.75, 3.05) is 5.43 Å². The Bertz CT molecular complexity index is 447. The van der Waals surface area contributed by atoms with Crippen LogP contribution in [0.5, 0.6) is 0 Å². The van der Waals surface area contributed by atoms with E-state index >= 15 is 0 Å². The van der Waals surface area contributed by atoms with Gasteiger partial charge in [0.05, 0.1) is 11.2 Å². The summed E-state index contributed by atoms with van der Waals surface area (Å²) in [6.07, 6.45) is 1.73. The summed E-state index contributed by atoms with van der Waals surface area (Å²) in [6, 6.07) is 7.73. The molecule has 0 amide bonds. The Morgan fingerprint density at radius 2 is 2.07 bits per heavy atom. The average molecular weight is 275 g/mol. The second kappa shape index (κ2) is 4.59. The zero-order chi connectivity index (χ0) is 9.26. The van der Waals surface area contributed by atoms with Gasteiger partial charge in [0, 0.05) is 16.1 Å². The number of hydrogen-bond donors (Lipinski definition) is 2. The number of rotatable bonds is 1. The van der Waals surface area contributed by atoms with Crippen molar-refractivity contribution in [2.24, 2.45) is 5.84 Å². The Balaban J connectivity index is 0.000000980. The van der Waals surface area contributed by atoms with Gasteiger partial charge in [-0.15, -0.1) is 12.4 Å². The van der Waals surface area contributed by atoms with Crippen LogP contribution in [0.15, 0.2) is 34.9 Å². The highest BCUT2D eigenvalue weighted by molar-refractivity contribution is 9.10. The number of fused-ring (bicyclic) bond motifs is 1. The molecule has 74 valence electrons. The summed E-state index contributed by atoms with van der Waals surface area (Å²) in [5.41, 5.74) is 4.44. The molecule has 14 heavy (non-hydrogen) atoms. The number of benzene rings is 1. The van der Waals surface area contributed by atoms with E-state index in [2.05, 4.69) is 26.3 Å². The molecule has 2 aromatic rings. The molecule has 0 aliphatic heterocycles. The van der Waals surface area contributed by atoms with E-state index in [4.69, 9.17) is 5.84 Å². The number of pyridine rings is 1. The molecular weight excluding hydrogens is 265 g/mol. The fourth-order valence-electron chi connectivity index (χ4n) is 1.25. The van der Waals surface area contributed by atoms with Crippen LogP contribution in [0.2, 0.25) is 0 Å². The molecule has 0 unspecified atom stereocenters. The number of nitrogen functional groups attached to an aromatic ring is 1. The molecule has 0 saturated heterocycles. The second-order valence-corrected chi connectivity index (χ2v) is 3.58. The third kappa shape index (κ3) is 1.97. The Labute approximate surface area is 96.2 Å². The summed E-state index contributed by atoms with van der Waals surface area (Å²) in [4.78, 5) is 4.23. The second-order valence-electron chi connectivity index (χ2n) is 2.66. The van der Waals surface area contributed by atoms with Gasteiger partial charge < -0.3 is 5.43 Å². The van der Waals surface area contributed by atoms with Crippen LogP contribution in [-0.2, 0) is 0 Å². The molecule has 0 aliphatic rings. The van der Waals surface area contributed by atoms with Crippen molar-refractivity contribution in [1.82, 2.24) is 4.98 Å². The predicted octanol–water partition coefficient (Wildman–Crippen LogP) is 2.70. The fraction of sp³-hybridized carbons (Fsp3) is 0. The zero-order valence-electron chi connectivity index (χ0n) is 7.20. The SMILES string of the molecule is Cl.NNc1ccnc2cc(Br)ccc12. The van der Waals surface area contributed by atoms with Gasteiger partial charge in [-0.3, -0.25) is 10.8 Å². The van der Waals surface area contributed by atoms with Gasteiger partial charge in [0.15, 0.2) is 0 Å². The van der Waals surface area contributed by atoms with E-state index in [0.29, 0.717) is 0 Å². The molecule has 0 saturated carbocycles. The first-order valence-electron chi connectivity index (χ1n) is 3.82. The van der Waals surface area contributed by atoms with Crippen molar-refractivity contribution in [1.29, 1.82) is 0 Å². The van der Waals surface area contributed by atoms with Gasteiger partial charge in [-0.05, 0) is 24.3 Å². The minimum Gasteiger partial charge on any atom is -0.323 e. The van der Waals surface area contributed by atoms with Crippen molar-refractivity contribution in [3.05, 3.63) is 34.9 Å². The minimum atomic E-state index is 0. The molecule has 1 heterocycles. The first-order chi connectivity index (χ1) is 6.31. The quantitative estimate of drug-likeness (QED) is 0.621. The number of aromatic nitrogens is 1. The van der Waals surface area contributed by atoms with Crippen LogP contribution in [0, 0.1) is 0 Å². The van der Waals surface area contributed by atoms with Crippen molar-refractivity contribution in [2.45, 2.75) is 0 Å². The molecule has 3 N–H and O–H groups in total. The lowest BCUT2D eigenvalue weighted by molar-refractivity contribution is 1.33. The van der Waals surface area contributed by atoms with Crippen LogP contribution >= 0.6 is 28.3 Å². The molecule has 0 bridgehead atoms. The lowest BCUT2D eigenvalue weighted by atomic mass is 10.2. The molecule has 0 radical (unpaired) electrons. The van der Waals surface area contributed by atoms with Crippen LogP contribution < -0.4 is 11.3 Å². The number of halogens is 2. The van der Waals surface area contributed by atoms with Gasteiger partial charge in [-0.25, -0.2) is 0 Å². The lowest BCUT2D eigenvalue weighted by Gasteiger charge is -2.04. The number of hydrogen-bond acceptors (Lipinski definition) is 3. The van der Waals surface area contributed by atoms with E-state index in [1.54, 1.807) is 6.20 Å². The molecule has 0 spiro atoms. The smallest absolute Gasteiger partial charge is 0.0734 e. The maximum atomic E-state index is 5.36. The summed E-state index contributed by atoms with van der Waals surface area (Å²) in [7, 11) is 0.